The van der Waals surface area contributed by atoms with Crippen LogP contribution in [-0.2, 0) is 4.74 Å². The molecule has 2 atom stereocenters. The fourth-order valence-electron chi connectivity index (χ4n) is 2.31. The van der Waals surface area contributed by atoms with Crippen molar-refractivity contribution in [3.05, 3.63) is 16.4 Å². The van der Waals surface area contributed by atoms with Crippen molar-refractivity contribution in [3.8, 4) is 0 Å². The van der Waals surface area contributed by atoms with Gasteiger partial charge in [0.15, 0.2) is 0 Å². The molecule has 1 aliphatic heterocycles. The van der Waals surface area contributed by atoms with Crippen molar-refractivity contribution >= 4 is 15.9 Å². The van der Waals surface area contributed by atoms with E-state index >= 15 is 0 Å². The third kappa shape index (κ3) is 2.54. The summed E-state index contributed by atoms with van der Waals surface area (Å²) in [4.78, 5) is 0. The van der Waals surface area contributed by atoms with Gasteiger partial charge in [-0.15, -0.1) is 0 Å². The first kappa shape index (κ1) is 13.0. The molecule has 1 aromatic rings. The van der Waals surface area contributed by atoms with E-state index in [4.69, 9.17) is 10.6 Å². The molecule has 96 valence electrons. The Morgan fingerprint density at radius 1 is 1.65 bits per heavy atom. The third-order valence-electron chi connectivity index (χ3n) is 3.19. The zero-order valence-electron chi connectivity index (χ0n) is 10.2. The zero-order valence-corrected chi connectivity index (χ0v) is 11.8. The SMILES string of the molecule is CC(C)n1ncc(Br)c1C(NN)C1CCOC1. The van der Waals surface area contributed by atoms with Gasteiger partial charge in [-0.1, -0.05) is 0 Å². The average Bonchev–Trinajstić information content (AvgIpc) is 2.91. The van der Waals surface area contributed by atoms with Crippen molar-refractivity contribution in [2.75, 3.05) is 13.2 Å². The first-order valence-corrected chi connectivity index (χ1v) is 6.71. The molecule has 0 aromatic carbocycles. The quantitative estimate of drug-likeness (QED) is 0.657. The van der Waals surface area contributed by atoms with Crippen LogP contribution in [0.5, 0.6) is 0 Å². The van der Waals surface area contributed by atoms with Gasteiger partial charge in [0.25, 0.3) is 0 Å². The number of aromatic nitrogens is 2. The molecule has 0 aliphatic carbocycles. The highest BCUT2D eigenvalue weighted by Crippen LogP contribution is 2.33. The summed E-state index contributed by atoms with van der Waals surface area (Å²) in [5.74, 6) is 6.12. The molecule has 0 saturated carbocycles. The molecule has 0 spiro atoms. The van der Waals surface area contributed by atoms with Crippen LogP contribution in [0.15, 0.2) is 10.7 Å². The molecule has 3 N–H and O–H groups in total. The number of halogens is 1. The van der Waals surface area contributed by atoms with Crippen LogP contribution in [0, 0.1) is 5.92 Å². The van der Waals surface area contributed by atoms with Gasteiger partial charge in [-0.05, 0) is 36.2 Å². The summed E-state index contributed by atoms with van der Waals surface area (Å²) >= 11 is 3.55. The molecule has 0 bridgehead atoms. The Kier molecular flexibility index (Phi) is 4.19. The molecule has 6 heteroatoms. The average molecular weight is 303 g/mol. The monoisotopic (exact) mass is 302 g/mol. The molecule has 2 heterocycles. The molecular weight excluding hydrogens is 284 g/mol. The number of hydrazine groups is 1. The van der Waals surface area contributed by atoms with E-state index in [0.717, 1.165) is 29.8 Å². The maximum atomic E-state index is 5.71. The van der Waals surface area contributed by atoms with Crippen LogP contribution in [0.4, 0.5) is 0 Å². The summed E-state index contributed by atoms with van der Waals surface area (Å²) in [6, 6.07) is 0.395. The summed E-state index contributed by atoms with van der Waals surface area (Å²) < 4.78 is 8.45. The van der Waals surface area contributed by atoms with Crippen molar-refractivity contribution in [3.63, 3.8) is 0 Å². The van der Waals surface area contributed by atoms with Gasteiger partial charge in [-0.2, -0.15) is 5.10 Å². The molecule has 17 heavy (non-hydrogen) atoms. The number of hydrogen-bond acceptors (Lipinski definition) is 4. The van der Waals surface area contributed by atoms with Gasteiger partial charge in [0, 0.05) is 18.6 Å². The van der Waals surface area contributed by atoms with Gasteiger partial charge >= 0.3 is 0 Å². The summed E-state index contributed by atoms with van der Waals surface area (Å²) in [6.07, 6.45) is 2.86. The lowest BCUT2D eigenvalue weighted by molar-refractivity contribution is 0.175. The fourth-order valence-corrected chi connectivity index (χ4v) is 2.83. The van der Waals surface area contributed by atoms with Crippen LogP contribution in [0.1, 0.15) is 38.0 Å². The molecule has 2 unspecified atom stereocenters. The maximum Gasteiger partial charge on any atom is 0.0716 e. The summed E-state index contributed by atoms with van der Waals surface area (Å²) in [7, 11) is 0. The molecular formula is C11H19BrN4O. The second kappa shape index (κ2) is 5.48. The highest BCUT2D eigenvalue weighted by Gasteiger charge is 2.30. The van der Waals surface area contributed by atoms with Crippen LogP contribution in [0.25, 0.3) is 0 Å². The minimum Gasteiger partial charge on any atom is -0.381 e. The standard InChI is InChI=1S/C11H19BrN4O/c1-7(2)16-11(9(12)5-14-16)10(15-13)8-3-4-17-6-8/h5,7-8,10,15H,3-4,6,13H2,1-2H3. The van der Waals surface area contributed by atoms with Crippen LogP contribution >= 0.6 is 15.9 Å². The molecule has 2 rings (SSSR count). The van der Waals surface area contributed by atoms with E-state index in [1.807, 2.05) is 10.9 Å². The molecule has 5 nitrogen and oxygen atoms in total. The summed E-state index contributed by atoms with van der Waals surface area (Å²) in [5, 5.41) is 4.39. The van der Waals surface area contributed by atoms with Crippen LogP contribution in [-0.4, -0.2) is 23.0 Å². The highest BCUT2D eigenvalue weighted by atomic mass is 79.9. The van der Waals surface area contributed by atoms with E-state index in [9.17, 15) is 0 Å². The van der Waals surface area contributed by atoms with Crippen LogP contribution in [0.2, 0.25) is 0 Å². The van der Waals surface area contributed by atoms with Gasteiger partial charge in [0.1, 0.15) is 0 Å². The Bertz CT molecular complexity index is 374. The maximum absolute atomic E-state index is 5.71. The van der Waals surface area contributed by atoms with E-state index in [-0.39, 0.29) is 6.04 Å². The summed E-state index contributed by atoms with van der Waals surface area (Å²) in [5.41, 5.74) is 4.02. The zero-order chi connectivity index (χ0) is 12.4. The van der Waals surface area contributed by atoms with Crippen molar-refractivity contribution in [2.45, 2.75) is 32.4 Å². The molecule has 0 radical (unpaired) electrons. The number of hydrogen-bond donors (Lipinski definition) is 2. The van der Waals surface area contributed by atoms with E-state index < -0.39 is 0 Å². The third-order valence-corrected chi connectivity index (χ3v) is 3.80. The Balaban J connectivity index is 2.32. The lowest BCUT2D eigenvalue weighted by Crippen LogP contribution is -2.36. The first-order valence-electron chi connectivity index (χ1n) is 5.92. The van der Waals surface area contributed by atoms with E-state index in [2.05, 4.69) is 40.3 Å². The van der Waals surface area contributed by atoms with Gasteiger partial charge in [0.2, 0.25) is 0 Å². The molecule has 1 saturated heterocycles. The minimum atomic E-state index is 0.0803. The summed E-state index contributed by atoms with van der Waals surface area (Å²) in [6.45, 7) is 5.80. The Morgan fingerprint density at radius 3 is 2.94 bits per heavy atom. The predicted molar refractivity (Wildman–Crippen MR) is 69.3 cm³/mol. The number of nitrogens with two attached hydrogens (primary N) is 1. The van der Waals surface area contributed by atoms with Crippen LogP contribution < -0.4 is 11.3 Å². The van der Waals surface area contributed by atoms with Crippen molar-refractivity contribution in [1.29, 1.82) is 0 Å². The van der Waals surface area contributed by atoms with Gasteiger partial charge < -0.3 is 4.74 Å². The topological polar surface area (TPSA) is 65.1 Å². The van der Waals surface area contributed by atoms with Gasteiger partial charge in [-0.25, -0.2) is 0 Å². The van der Waals surface area contributed by atoms with E-state index in [1.54, 1.807) is 0 Å². The van der Waals surface area contributed by atoms with E-state index in [0.29, 0.717) is 12.0 Å². The number of nitrogens with zero attached hydrogens (tertiary/aromatic N) is 2. The Labute approximate surface area is 110 Å². The normalized spacial score (nSPS) is 22.3. The Morgan fingerprint density at radius 2 is 2.41 bits per heavy atom. The second-order valence-electron chi connectivity index (χ2n) is 4.68. The Hall–Kier alpha value is -0.430. The van der Waals surface area contributed by atoms with Crippen molar-refractivity contribution in [1.82, 2.24) is 15.2 Å². The molecule has 1 aromatic heterocycles. The lowest BCUT2D eigenvalue weighted by atomic mass is 9.96. The molecule has 0 amide bonds. The second-order valence-corrected chi connectivity index (χ2v) is 5.54. The van der Waals surface area contributed by atoms with Crippen LogP contribution in [0.3, 0.4) is 0 Å². The molecule has 1 aliphatic rings. The molecule has 1 fully saturated rings. The largest absolute Gasteiger partial charge is 0.381 e. The highest BCUT2D eigenvalue weighted by molar-refractivity contribution is 9.10. The van der Waals surface area contributed by atoms with Gasteiger partial charge in [-0.3, -0.25) is 16.0 Å². The predicted octanol–water partition coefficient (Wildman–Crippen LogP) is 1.77. The minimum absolute atomic E-state index is 0.0803. The van der Waals surface area contributed by atoms with Crippen molar-refractivity contribution < 1.29 is 4.74 Å². The van der Waals surface area contributed by atoms with Gasteiger partial charge in [0.05, 0.1) is 29.0 Å². The first-order chi connectivity index (χ1) is 8.15. The van der Waals surface area contributed by atoms with E-state index in [1.165, 1.54) is 0 Å². The lowest BCUT2D eigenvalue weighted by Gasteiger charge is -2.24. The number of rotatable bonds is 4. The smallest absolute Gasteiger partial charge is 0.0716 e. The van der Waals surface area contributed by atoms with Crippen molar-refractivity contribution in [2.24, 2.45) is 11.8 Å². The number of nitrogens with one attached hydrogen (secondary N) is 1. The fraction of sp³-hybridized carbons (Fsp3) is 0.727. The number of ether oxygens (including phenoxy) is 1.